The highest BCUT2D eigenvalue weighted by Gasteiger charge is 2.14. The summed E-state index contributed by atoms with van der Waals surface area (Å²) < 4.78 is 6.72. The topological polar surface area (TPSA) is 72.6 Å². The molecule has 0 amide bonds. The second-order valence-electron chi connectivity index (χ2n) is 3.98. The third-order valence-corrected chi connectivity index (χ3v) is 3.67. The van der Waals surface area contributed by atoms with Crippen molar-refractivity contribution in [2.24, 2.45) is 0 Å². The largest absolute Gasteiger partial charge is 0.491 e. The predicted molar refractivity (Wildman–Crippen MR) is 79.5 cm³/mol. The molecule has 0 fully saturated rings. The maximum Gasteiger partial charge on any atom is 0.271 e. The molecule has 0 aliphatic carbocycles. The van der Waals surface area contributed by atoms with Crippen molar-refractivity contribution in [2.75, 3.05) is 13.2 Å². The zero-order valence-electron chi connectivity index (χ0n) is 10.3. The van der Waals surface area contributed by atoms with Crippen LogP contribution >= 0.6 is 31.9 Å². The van der Waals surface area contributed by atoms with E-state index in [1.165, 1.54) is 12.1 Å². The van der Waals surface area contributed by atoms with Gasteiger partial charge in [-0.1, -0.05) is 6.42 Å². The molecule has 0 bridgehead atoms. The molecule has 19 heavy (non-hydrogen) atoms. The number of aliphatic hydroxyl groups excluding tert-OH is 1. The Morgan fingerprint density at radius 2 is 1.74 bits per heavy atom. The molecule has 1 N–H and O–H groups in total. The van der Waals surface area contributed by atoms with Crippen LogP contribution in [-0.2, 0) is 0 Å². The van der Waals surface area contributed by atoms with Crippen molar-refractivity contribution in [3.05, 3.63) is 31.2 Å². The first-order valence-electron chi connectivity index (χ1n) is 5.93. The summed E-state index contributed by atoms with van der Waals surface area (Å²) in [4.78, 5) is 10.2. The minimum absolute atomic E-state index is 0.00838. The molecule has 7 heteroatoms. The van der Waals surface area contributed by atoms with Gasteiger partial charge < -0.3 is 9.84 Å². The number of nitro benzene ring substituents is 1. The second kappa shape index (κ2) is 8.50. The molecule has 0 aromatic heterocycles. The van der Waals surface area contributed by atoms with E-state index in [4.69, 9.17) is 9.84 Å². The van der Waals surface area contributed by atoms with Crippen molar-refractivity contribution in [1.82, 2.24) is 0 Å². The molecule has 1 aromatic carbocycles. The van der Waals surface area contributed by atoms with Crippen LogP contribution in [-0.4, -0.2) is 23.2 Å². The summed E-state index contributed by atoms with van der Waals surface area (Å²) in [6.45, 7) is 0.765. The van der Waals surface area contributed by atoms with Gasteiger partial charge in [0.05, 0.1) is 20.5 Å². The highest BCUT2D eigenvalue weighted by atomic mass is 79.9. The zero-order valence-corrected chi connectivity index (χ0v) is 13.4. The van der Waals surface area contributed by atoms with Crippen LogP contribution in [0.15, 0.2) is 21.1 Å². The van der Waals surface area contributed by atoms with E-state index >= 15 is 0 Å². The first kappa shape index (κ1) is 16.4. The fourth-order valence-corrected chi connectivity index (χ4v) is 2.92. The number of halogens is 2. The fraction of sp³-hybridized carbons (Fsp3) is 0.500. The van der Waals surface area contributed by atoms with Crippen LogP contribution in [0.2, 0.25) is 0 Å². The molecule has 0 saturated carbocycles. The molecule has 0 aliphatic heterocycles. The SMILES string of the molecule is O=[N+]([O-])c1cc(Br)c(OCCCCCCO)c(Br)c1. The van der Waals surface area contributed by atoms with Gasteiger partial charge in [-0.2, -0.15) is 0 Å². The van der Waals surface area contributed by atoms with Crippen molar-refractivity contribution in [3.8, 4) is 5.75 Å². The number of nitrogens with zero attached hydrogens (tertiary/aromatic N) is 1. The van der Waals surface area contributed by atoms with Gasteiger partial charge in [0.1, 0.15) is 5.75 Å². The average molecular weight is 397 g/mol. The molecule has 1 rings (SSSR count). The van der Waals surface area contributed by atoms with Crippen LogP contribution in [0.4, 0.5) is 5.69 Å². The highest BCUT2D eigenvalue weighted by molar-refractivity contribution is 9.11. The molecule has 0 saturated heterocycles. The summed E-state index contributed by atoms with van der Waals surface area (Å²) in [7, 11) is 0. The lowest BCUT2D eigenvalue weighted by atomic mass is 10.2. The van der Waals surface area contributed by atoms with Crippen LogP contribution in [0.25, 0.3) is 0 Å². The smallest absolute Gasteiger partial charge is 0.271 e. The number of hydrogen-bond acceptors (Lipinski definition) is 4. The van der Waals surface area contributed by atoms with E-state index in [2.05, 4.69) is 31.9 Å². The van der Waals surface area contributed by atoms with Gasteiger partial charge in [0, 0.05) is 18.7 Å². The first-order valence-corrected chi connectivity index (χ1v) is 7.52. The Hall–Kier alpha value is -0.660. The van der Waals surface area contributed by atoms with Crippen LogP contribution in [0.5, 0.6) is 5.75 Å². The Morgan fingerprint density at radius 3 is 2.26 bits per heavy atom. The normalized spacial score (nSPS) is 10.5. The standard InChI is InChI=1S/C12H15Br2NO4/c13-10-7-9(15(17)18)8-11(14)12(10)19-6-4-2-1-3-5-16/h7-8,16H,1-6H2. The summed E-state index contributed by atoms with van der Waals surface area (Å²) in [5.74, 6) is 0.577. The molecule has 0 aliphatic rings. The molecule has 0 radical (unpaired) electrons. The average Bonchev–Trinajstić information content (AvgIpc) is 2.35. The summed E-state index contributed by atoms with van der Waals surface area (Å²) in [5.41, 5.74) is 0.00838. The molecule has 0 spiro atoms. The van der Waals surface area contributed by atoms with Gasteiger partial charge >= 0.3 is 0 Å². The van der Waals surface area contributed by atoms with E-state index in [-0.39, 0.29) is 12.3 Å². The number of aliphatic hydroxyl groups is 1. The van der Waals surface area contributed by atoms with Gasteiger partial charge in [0.2, 0.25) is 0 Å². The predicted octanol–water partition coefficient (Wildman–Crippen LogP) is 4.05. The highest BCUT2D eigenvalue weighted by Crippen LogP contribution is 2.37. The van der Waals surface area contributed by atoms with Gasteiger partial charge in [-0.05, 0) is 51.1 Å². The van der Waals surface area contributed by atoms with Crippen molar-refractivity contribution in [2.45, 2.75) is 25.7 Å². The van der Waals surface area contributed by atoms with E-state index in [9.17, 15) is 10.1 Å². The molecule has 0 heterocycles. The second-order valence-corrected chi connectivity index (χ2v) is 5.69. The lowest BCUT2D eigenvalue weighted by molar-refractivity contribution is -0.385. The Labute approximate surface area is 128 Å². The Kier molecular flexibility index (Phi) is 7.33. The Morgan fingerprint density at radius 1 is 1.16 bits per heavy atom. The number of ether oxygens (including phenoxy) is 1. The van der Waals surface area contributed by atoms with E-state index in [0.29, 0.717) is 21.3 Å². The van der Waals surface area contributed by atoms with Gasteiger partial charge in [-0.3, -0.25) is 10.1 Å². The van der Waals surface area contributed by atoms with E-state index in [1.54, 1.807) is 0 Å². The van der Waals surface area contributed by atoms with Crippen molar-refractivity contribution in [1.29, 1.82) is 0 Å². The van der Waals surface area contributed by atoms with Crippen LogP contribution in [0.3, 0.4) is 0 Å². The minimum atomic E-state index is -0.450. The lowest BCUT2D eigenvalue weighted by Crippen LogP contribution is -2.00. The molecule has 5 nitrogen and oxygen atoms in total. The van der Waals surface area contributed by atoms with Crippen LogP contribution < -0.4 is 4.74 Å². The molecular weight excluding hydrogens is 382 g/mol. The first-order chi connectivity index (χ1) is 9.06. The van der Waals surface area contributed by atoms with Gasteiger partial charge in [0.25, 0.3) is 5.69 Å². The molecule has 0 unspecified atom stereocenters. The molecule has 1 aromatic rings. The van der Waals surface area contributed by atoms with Gasteiger partial charge in [0.15, 0.2) is 0 Å². The van der Waals surface area contributed by atoms with Crippen LogP contribution in [0.1, 0.15) is 25.7 Å². The van der Waals surface area contributed by atoms with Gasteiger partial charge in [-0.15, -0.1) is 0 Å². The zero-order chi connectivity index (χ0) is 14.3. The maximum atomic E-state index is 10.7. The number of non-ortho nitro benzene ring substituents is 1. The number of benzene rings is 1. The van der Waals surface area contributed by atoms with E-state index < -0.39 is 4.92 Å². The number of rotatable bonds is 8. The third kappa shape index (κ3) is 5.46. The van der Waals surface area contributed by atoms with Crippen molar-refractivity contribution in [3.63, 3.8) is 0 Å². The molecule has 0 atom stereocenters. The summed E-state index contributed by atoms with van der Waals surface area (Å²) >= 11 is 6.54. The minimum Gasteiger partial charge on any atom is -0.491 e. The van der Waals surface area contributed by atoms with E-state index in [0.717, 1.165) is 25.7 Å². The summed E-state index contributed by atoms with van der Waals surface area (Å²) in [6.07, 6.45) is 3.66. The molecular formula is C12H15Br2NO4. The van der Waals surface area contributed by atoms with Crippen LogP contribution in [0, 0.1) is 10.1 Å². The maximum absolute atomic E-state index is 10.7. The number of unbranched alkanes of at least 4 members (excludes halogenated alkanes) is 3. The summed E-state index contributed by atoms with van der Waals surface area (Å²) in [6, 6.07) is 2.84. The third-order valence-electron chi connectivity index (χ3n) is 2.49. The Bertz CT molecular complexity index is 417. The summed E-state index contributed by atoms with van der Waals surface area (Å²) in [5, 5.41) is 19.3. The Balaban J connectivity index is 2.52. The quantitative estimate of drug-likeness (QED) is 0.408. The van der Waals surface area contributed by atoms with E-state index in [1.807, 2.05) is 0 Å². The number of nitro groups is 1. The number of hydrogen-bond donors (Lipinski definition) is 1. The fourth-order valence-electron chi connectivity index (χ4n) is 1.53. The van der Waals surface area contributed by atoms with Gasteiger partial charge in [-0.25, -0.2) is 0 Å². The van der Waals surface area contributed by atoms with Crippen molar-refractivity contribution >= 4 is 37.5 Å². The molecule has 106 valence electrons. The van der Waals surface area contributed by atoms with Crippen molar-refractivity contribution < 1.29 is 14.8 Å². The lowest BCUT2D eigenvalue weighted by Gasteiger charge is -2.10. The monoisotopic (exact) mass is 395 g/mol.